The quantitative estimate of drug-likeness (QED) is 0.374. The number of nitrogens with one attached hydrogen (secondary N) is 2. The molecule has 6 heteroatoms. The number of rotatable bonds is 7. The van der Waals surface area contributed by atoms with Gasteiger partial charge in [0.1, 0.15) is 0 Å². The molecule has 1 heterocycles. The van der Waals surface area contributed by atoms with E-state index in [2.05, 4.69) is 39.9 Å². The maximum atomic E-state index is 6.01. The van der Waals surface area contributed by atoms with Gasteiger partial charge in [0, 0.05) is 33.4 Å². The summed E-state index contributed by atoms with van der Waals surface area (Å²) < 4.78 is 11.4. The van der Waals surface area contributed by atoms with Crippen LogP contribution in [0.1, 0.15) is 36.8 Å². The van der Waals surface area contributed by atoms with Crippen LogP contribution in [0.2, 0.25) is 0 Å². The third kappa shape index (κ3) is 7.50. The zero-order valence-corrected chi connectivity index (χ0v) is 17.3. The molecule has 1 saturated heterocycles. The van der Waals surface area contributed by atoms with Crippen molar-refractivity contribution in [3.8, 4) is 0 Å². The summed E-state index contributed by atoms with van der Waals surface area (Å²) >= 11 is 0. The van der Waals surface area contributed by atoms with Crippen LogP contribution in [-0.2, 0) is 22.6 Å². The molecule has 0 atom stereocenters. The highest BCUT2D eigenvalue weighted by Crippen LogP contribution is 2.27. The number of nitrogens with zero attached hydrogens (tertiary/aromatic N) is 1. The summed E-state index contributed by atoms with van der Waals surface area (Å²) in [4.78, 5) is 4.28. The molecule has 0 radical (unpaired) electrons. The van der Waals surface area contributed by atoms with Gasteiger partial charge in [-0.3, -0.25) is 4.99 Å². The lowest BCUT2D eigenvalue weighted by atomic mass is 10.1. The Kier molecular flexibility index (Phi) is 8.98. The summed E-state index contributed by atoms with van der Waals surface area (Å²) in [6, 6.07) is 8.57. The molecule has 1 saturated carbocycles. The lowest BCUT2D eigenvalue weighted by Crippen LogP contribution is -2.37. The average molecular weight is 459 g/mol. The Morgan fingerprint density at radius 1 is 1.16 bits per heavy atom. The monoisotopic (exact) mass is 459 g/mol. The average Bonchev–Trinajstić information content (AvgIpc) is 3.46. The molecule has 2 aliphatic rings. The van der Waals surface area contributed by atoms with Crippen LogP contribution in [-0.4, -0.2) is 38.9 Å². The zero-order chi connectivity index (χ0) is 16.6. The molecule has 0 bridgehead atoms. The first kappa shape index (κ1) is 20.5. The molecule has 0 aromatic heterocycles. The second kappa shape index (κ2) is 11.0. The molecule has 0 unspecified atom stereocenters. The van der Waals surface area contributed by atoms with E-state index in [1.807, 2.05) is 7.05 Å². The topological polar surface area (TPSA) is 54.9 Å². The van der Waals surface area contributed by atoms with Crippen LogP contribution in [0, 0.1) is 5.92 Å². The maximum Gasteiger partial charge on any atom is 0.191 e. The lowest BCUT2D eigenvalue weighted by Gasteiger charge is -2.22. The van der Waals surface area contributed by atoms with Crippen LogP contribution in [0.3, 0.4) is 0 Å². The van der Waals surface area contributed by atoms with Crippen LogP contribution in [0.5, 0.6) is 0 Å². The van der Waals surface area contributed by atoms with Crippen molar-refractivity contribution in [1.29, 1.82) is 0 Å². The van der Waals surface area contributed by atoms with Crippen molar-refractivity contribution >= 4 is 29.9 Å². The Hall–Kier alpha value is -0.860. The van der Waals surface area contributed by atoms with E-state index in [0.717, 1.165) is 51.0 Å². The van der Waals surface area contributed by atoms with E-state index in [9.17, 15) is 0 Å². The van der Waals surface area contributed by atoms with Crippen molar-refractivity contribution in [2.24, 2.45) is 10.9 Å². The number of guanidine groups is 1. The van der Waals surface area contributed by atoms with Crippen molar-refractivity contribution in [3.05, 3.63) is 35.4 Å². The molecule has 2 N–H and O–H groups in total. The van der Waals surface area contributed by atoms with Gasteiger partial charge in [-0.15, -0.1) is 24.0 Å². The molecule has 2 fully saturated rings. The van der Waals surface area contributed by atoms with Crippen molar-refractivity contribution in [1.82, 2.24) is 10.6 Å². The standard InChI is InChI=1S/C19H29N3O2.HI/c1-20-19(21-12-15-5-6-15)22-13-16-3-2-4-17(11-16)14-24-18-7-9-23-10-8-18;/h2-4,11,15,18H,5-10,12-14H2,1H3,(H2,20,21,22);1H. The van der Waals surface area contributed by atoms with Gasteiger partial charge in [-0.2, -0.15) is 0 Å². The van der Waals surface area contributed by atoms with E-state index in [-0.39, 0.29) is 24.0 Å². The summed E-state index contributed by atoms with van der Waals surface area (Å²) in [5.74, 6) is 1.72. The van der Waals surface area contributed by atoms with Crippen LogP contribution in [0.25, 0.3) is 0 Å². The second-order valence-corrected chi connectivity index (χ2v) is 6.69. The Morgan fingerprint density at radius 2 is 1.92 bits per heavy atom. The van der Waals surface area contributed by atoms with Crippen molar-refractivity contribution in [2.75, 3.05) is 26.8 Å². The van der Waals surface area contributed by atoms with Gasteiger partial charge in [-0.1, -0.05) is 24.3 Å². The molecular weight excluding hydrogens is 429 g/mol. The minimum Gasteiger partial charge on any atom is -0.381 e. The summed E-state index contributed by atoms with van der Waals surface area (Å²) in [5, 5.41) is 6.77. The SMILES string of the molecule is CN=C(NCc1cccc(COC2CCOCC2)c1)NCC1CC1.I. The number of benzene rings is 1. The Morgan fingerprint density at radius 3 is 2.64 bits per heavy atom. The molecule has 1 aliphatic carbocycles. The van der Waals surface area contributed by atoms with Gasteiger partial charge in [-0.05, 0) is 42.7 Å². The zero-order valence-electron chi connectivity index (χ0n) is 15.0. The van der Waals surface area contributed by atoms with Crippen molar-refractivity contribution in [3.63, 3.8) is 0 Å². The van der Waals surface area contributed by atoms with E-state index in [1.54, 1.807) is 0 Å². The predicted octanol–water partition coefficient (Wildman–Crippen LogP) is 3.08. The van der Waals surface area contributed by atoms with Gasteiger partial charge in [0.25, 0.3) is 0 Å². The first-order valence-corrected chi connectivity index (χ1v) is 9.05. The Bertz CT molecular complexity index is 543. The largest absolute Gasteiger partial charge is 0.381 e. The third-order valence-corrected chi connectivity index (χ3v) is 4.58. The van der Waals surface area contributed by atoms with Gasteiger partial charge in [0.05, 0.1) is 12.7 Å². The fourth-order valence-corrected chi connectivity index (χ4v) is 2.86. The highest BCUT2D eigenvalue weighted by atomic mass is 127. The van der Waals surface area contributed by atoms with Crippen LogP contribution in [0.4, 0.5) is 0 Å². The third-order valence-electron chi connectivity index (χ3n) is 4.58. The first-order chi connectivity index (χ1) is 11.8. The molecule has 0 amide bonds. The van der Waals surface area contributed by atoms with Gasteiger partial charge >= 0.3 is 0 Å². The highest BCUT2D eigenvalue weighted by molar-refractivity contribution is 14.0. The van der Waals surface area contributed by atoms with E-state index in [1.165, 1.54) is 24.0 Å². The van der Waals surface area contributed by atoms with Crippen LogP contribution in [0.15, 0.2) is 29.3 Å². The Labute approximate surface area is 168 Å². The highest BCUT2D eigenvalue weighted by Gasteiger charge is 2.21. The van der Waals surface area contributed by atoms with Crippen LogP contribution >= 0.6 is 24.0 Å². The molecule has 0 spiro atoms. The van der Waals surface area contributed by atoms with E-state index < -0.39 is 0 Å². The fourth-order valence-electron chi connectivity index (χ4n) is 2.86. The van der Waals surface area contributed by atoms with Crippen molar-refractivity contribution < 1.29 is 9.47 Å². The van der Waals surface area contributed by atoms with E-state index in [4.69, 9.17) is 9.47 Å². The number of hydrogen-bond donors (Lipinski definition) is 2. The molecule has 140 valence electrons. The Balaban J connectivity index is 0.00000225. The molecule has 1 aliphatic heterocycles. The number of halogens is 1. The maximum absolute atomic E-state index is 6.01. The molecule has 1 aromatic carbocycles. The summed E-state index contributed by atoms with van der Waals surface area (Å²) in [6.45, 7) is 4.12. The number of ether oxygens (including phenoxy) is 2. The molecular formula is C19H30IN3O2. The summed E-state index contributed by atoms with van der Waals surface area (Å²) in [7, 11) is 1.82. The normalized spacial score (nSPS) is 18.5. The second-order valence-electron chi connectivity index (χ2n) is 6.69. The fraction of sp³-hybridized carbons (Fsp3) is 0.632. The van der Waals surface area contributed by atoms with E-state index >= 15 is 0 Å². The summed E-state index contributed by atoms with van der Waals surface area (Å²) in [5.41, 5.74) is 2.47. The number of aliphatic imine (C=N–C) groups is 1. The van der Waals surface area contributed by atoms with Gasteiger partial charge in [0.2, 0.25) is 0 Å². The molecule has 3 rings (SSSR count). The lowest BCUT2D eigenvalue weighted by molar-refractivity contribution is -0.0390. The van der Waals surface area contributed by atoms with Crippen molar-refractivity contribution in [2.45, 2.75) is 44.9 Å². The molecule has 25 heavy (non-hydrogen) atoms. The predicted molar refractivity (Wildman–Crippen MR) is 111 cm³/mol. The van der Waals surface area contributed by atoms with Gasteiger partial charge in [-0.25, -0.2) is 0 Å². The minimum absolute atomic E-state index is 0. The first-order valence-electron chi connectivity index (χ1n) is 9.05. The molecule has 5 nitrogen and oxygen atoms in total. The van der Waals surface area contributed by atoms with Gasteiger partial charge in [0.15, 0.2) is 5.96 Å². The smallest absolute Gasteiger partial charge is 0.191 e. The number of hydrogen-bond acceptors (Lipinski definition) is 3. The minimum atomic E-state index is 0. The molecule has 1 aromatic rings. The van der Waals surface area contributed by atoms with E-state index in [0.29, 0.717) is 12.7 Å². The van der Waals surface area contributed by atoms with Crippen LogP contribution < -0.4 is 10.6 Å². The van der Waals surface area contributed by atoms with Gasteiger partial charge < -0.3 is 20.1 Å². The summed E-state index contributed by atoms with van der Waals surface area (Å²) in [6.07, 6.45) is 5.04.